The van der Waals surface area contributed by atoms with Crippen molar-refractivity contribution in [3.8, 4) is 5.75 Å². The highest BCUT2D eigenvalue weighted by molar-refractivity contribution is 6.32. The van der Waals surface area contributed by atoms with E-state index in [-0.39, 0.29) is 18.2 Å². The van der Waals surface area contributed by atoms with Crippen LogP contribution in [0.2, 0.25) is 5.02 Å². The number of carbonyl (C=O) groups is 1. The Kier molecular flexibility index (Phi) is 5.44. The quantitative estimate of drug-likeness (QED) is 0.866. The average molecular weight is 272 g/mol. The van der Waals surface area contributed by atoms with Crippen LogP contribution in [-0.2, 0) is 4.79 Å². The number of hydrogen-bond donors (Lipinski definition) is 2. The molecule has 2 N–H and O–H groups in total. The molecule has 0 heterocycles. The highest BCUT2D eigenvalue weighted by atomic mass is 35.5. The lowest BCUT2D eigenvalue weighted by Gasteiger charge is -2.15. The van der Waals surface area contributed by atoms with E-state index < -0.39 is 6.10 Å². The van der Waals surface area contributed by atoms with Crippen molar-refractivity contribution >= 4 is 23.2 Å². The lowest BCUT2D eigenvalue weighted by molar-refractivity contribution is -0.118. The van der Waals surface area contributed by atoms with E-state index in [1.165, 1.54) is 7.11 Å². The van der Waals surface area contributed by atoms with Crippen molar-refractivity contribution in [2.24, 2.45) is 5.92 Å². The van der Waals surface area contributed by atoms with Gasteiger partial charge in [0.15, 0.2) is 5.75 Å². The second-order valence-electron chi connectivity index (χ2n) is 4.38. The van der Waals surface area contributed by atoms with Gasteiger partial charge in [-0.1, -0.05) is 31.5 Å². The second-order valence-corrected chi connectivity index (χ2v) is 4.79. The molecule has 0 aliphatic heterocycles. The fraction of sp³-hybridized carbons (Fsp3) is 0.462. The summed E-state index contributed by atoms with van der Waals surface area (Å²) in [6.07, 6.45) is -0.608. The summed E-state index contributed by atoms with van der Waals surface area (Å²) >= 11 is 5.94. The van der Waals surface area contributed by atoms with E-state index in [2.05, 4.69) is 5.32 Å². The van der Waals surface area contributed by atoms with E-state index in [0.29, 0.717) is 16.5 Å². The SMILES string of the molecule is COc1c(Cl)cccc1NC(=O)CC(O)C(C)C. The minimum Gasteiger partial charge on any atom is -0.493 e. The molecule has 0 aromatic heterocycles. The Hall–Kier alpha value is -1.26. The molecular weight excluding hydrogens is 254 g/mol. The molecule has 1 aromatic rings. The molecule has 18 heavy (non-hydrogen) atoms. The molecule has 1 amide bonds. The molecule has 100 valence electrons. The van der Waals surface area contributed by atoms with Crippen molar-refractivity contribution < 1.29 is 14.6 Å². The van der Waals surface area contributed by atoms with E-state index in [9.17, 15) is 9.90 Å². The monoisotopic (exact) mass is 271 g/mol. The molecule has 0 aliphatic rings. The van der Waals surface area contributed by atoms with Gasteiger partial charge in [-0.3, -0.25) is 4.79 Å². The molecule has 1 aromatic carbocycles. The van der Waals surface area contributed by atoms with Gasteiger partial charge < -0.3 is 15.2 Å². The molecule has 0 radical (unpaired) electrons. The predicted octanol–water partition coefficient (Wildman–Crippen LogP) is 2.69. The largest absolute Gasteiger partial charge is 0.493 e. The number of aliphatic hydroxyl groups is 1. The average Bonchev–Trinajstić information content (AvgIpc) is 2.28. The number of carbonyl (C=O) groups excluding carboxylic acids is 1. The highest BCUT2D eigenvalue weighted by Crippen LogP contribution is 2.32. The molecule has 4 nitrogen and oxygen atoms in total. The van der Waals surface area contributed by atoms with Gasteiger partial charge in [-0.15, -0.1) is 0 Å². The smallest absolute Gasteiger partial charge is 0.227 e. The van der Waals surface area contributed by atoms with Crippen molar-refractivity contribution in [3.05, 3.63) is 23.2 Å². The van der Waals surface area contributed by atoms with Crippen LogP contribution in [0, 0.1) is 5.92 Å². The molecule has 1 unspecified atom stereocenters. The molecule has 5 heteroatoms. The fourth-order valence-corrected chi connectivity index (χ4v) is 1.69. The van der Waals surface area contributed by atoms with Gasteiger partial charge in [0, 0.05) is 0 Å². The number of benzene rings is 1. The topological polar surface area (TPSA) is 58.6 Å². The zero-order valence-electron chi connectivity index (χ0n) is 10.7. The van der Waals surface area contributed by atoms with Gasteiger partial charge in [0.25, 0.3) is 0 Å². The Morgan fingerprint density at radius 3 is 2.72 bits per heavy atom. The van der Waals surface area contributed by atoms with Crippen molar-refractivity contribution in [1.82, 2.24) is 0 Å². The van der Waals surface area contributed by atoms with Crippen LogP contribution in [0.4, 0.5) is 5.69 Å². The first-order valence-corrected chi connectivity index (χ1v) is 6.14. The Morgan fingerprint density at radius 1 is 1.50 bits per heavy atom. The number of aliphatic hydroxyl groups excluding tert-OH is 1. The maximum absolute atomic E-state index is 11.7. The van der Waals surface area contributed by atoms with Crippen molar-refractivity contribution in [2.75, 3.05) is 12.4 Å². The van der Waals surface area contributed by atoms with Crippen LogP contribution in [0.15, 0.2) is 18.2 Å². The summed E-state index contributed by atoms with van der Waals surface area (Å²) in [4.78, 5) is 11.7. The summed E-state index contributed by atoms with van der Waals surface area (Å²) in [7, 11) is 1.49. The van der Waals surface area contributed by atoms with Gasteiger partial charge in [-0.25, -0.2) is 0 Å². The van der Waals surface area contributed by atoms with Crippen LogP contribution in [0.25, 0.3) is 0 Å². The maximum atomic E-state index is 11.7. The number of hydrogen-bond acceptors (Lipinski definition) is 3. The summed E-state index contributed by atoms with van der Waals surface area (Å²) in [6, 6.07) is 5.10. The first-order valence-electron chi connectivity index (χ1n) is 5.76. The predicted molar refractivity (Wildman–Crippen MR) is 72.1 cm³/mol. The lowest BCUT2D eigenvalue weighted by atomic mass is 10.0. The zero-order valence-corrected chi connectivity index (χ0v) is 11.5. The van der Waals surface area contributed by atoms with Crippen molar-refractivity contribution in [1.29, 1.82) is 0 Å². The van der Waals surface area contributed by atoms with Crippen LogP contribution in [-0.4, -0.2) is 24.2 Å². The molecule has 0 bridgehead atoms. The molecule has 1 rings (SSSR count). The number of anilines is 1. The van der Waals surface area contributed by atoms with E-state index in [0.717, 1.165) is 0 Å². The van der Waals surface area contributed by atoms with Crippen molar-refractivity contribution in [2.45, 2.75) is 26.4 Å². The molecule has 0 spiro atoms. The van der Waals surface area contributed by atoms with Gasteiger partial charge in [0.2, 0.25) is 5.91 Å². The first kappa shape index (κ1) is 14.8. The zero-order chi connectivity index (χ0) is 13.7. The number of rotatable bonds is 5. The summed E-state index contributed by atoms with van der Waals surface area (Å²) < 4.78 is 5.12. The van der Waals surface area contributed by atoms with E-state index in [1.54, 1.807) is 18.2 Å². The van der Waals surface area contributed by atoms with Crippen molar-refractivity contribution in [3.63, 3.8) is 0 Å². The fourth-order valence-electron chi connectivity index (χ4n) is 1.44. The third kappa shape index (κ3) is 3.89. The second kappa shape index (κ2) is 6.61. The van der Waals surface area contributed by atoms with Crippen LogP contribution in [0.1, 0.15) is 20.3 Å². The highest BCUT2D eigenvalue weighted by Gasteiger charge is 2.16. The van der Waals surface area contributed by atoms with Crippen LogP contribution >= 0.6 is 11.6 Å². The first-order chi connectivity index (χ1) is 8.45. The third-order valence-corrected chi connectivity index (χ3v) is 2.91. The van der Waals surface area contributed by atoms with Crippen LogP contribution in [0.3, 0.4) is 0 Å². The van der Waals surface area contributed by atoms with Crippen LogP contribution in [0.5, 0.6) is 5.75 Å². The molecule has 0 aliphatic carbocycles. The number of halogens is 1. The molecule has 0 fully saturated rings. The number of amides is 1. The van der Waals surface area contributed by atoms with Crippen LogP contribution < -0.4 is 10.1 Å². The molecule has 1 atom stereocenters. The third-order valence-electron chi connectivity index (χ3n) is 2.61. The Morgan fingerprint density at radius 2 is 2.17 bits per heavy atom. The van der Waals surface area contributed by atoms with Gasteiger partial charge >= 0.3 is 0 Å². The number of methoxy groups -OCH3 is 1. The van der Waals surface area contributed by atoms with E-state index in [4.69, 9.17) is 16.3 Å². The number of para-hydroxylation sites is 1. The Labute approximate surface area is 112 Å². The summed E-state index contributed by atoms with van der Waals surface area (Å²) in [5, 5.41) is 12.7. The number of nitrogens with one attached hydrogen (secondary N) is 1. The maximum Gasteiger partial charge on any atom is 0.227 e. The number of ether oxygens (including phenoxy) is 1. The molecule has 0 saturated carbocycles. The Balaban J connectivity index is 2.73. The Bertz CT molecular complexity index is 421. The minimum atomic E-state index is -0.657. The van der Waals surface area contributed by atoms with E-state index in [1.807, 2.05) is 13.8 Å². The minimum absolute atomic E-state index is 0.0389. The summed E-state index contributed by atoms with van der Waals surface area (Å²) in [6.45, 7) is 3.72. The van der Waals surface area contributed by atoms with E-state index >= 15 is 0 Å². The van der Waals surface area contributed by atoms with Gasteiger partial charge in [-0.2, -0.15) is 0 Å². The van der Waals surface area contributed by atoms with Gasteiger partial charge in [0.05, 0.1) is 30.3 Å². The standard InChI is InChI=1S/C13H18ClNO3/c1-8(2)11(16)7-12(17)15-10-6-4-5-9(14)13(10)18-3/h4-6,8,11,16H,7H2,1-3H3,(H,15,17). The normalized spacial score (nSPS) is 12.3. The summed E-state index contributed by atoms with van der Waals surface area (Å²) in [5.74, 6) is 0.195. The lowest BCUT2D eigenvalue weighted by Crippen LogP contribution is -2.23. The van der Waals surface area contributed by atoms with Gasteiger partial charge in [-0.05, 0) is 18.1 Å². The molecular formula is C13H18ClNO3. The molecule has 0 saturated heterocycles. The summed E-state index contributed by atoms with van der Waals surface area (Å²) in [5.41, 5.74) is 0.506. The van der Waals surface area contributed by atoms with Gasteiger partial charge in [0.1, 0.15) is 0 Å².